The first-order chi connectivity index (χ1) is 13.9. The SMILES string of the molecule is C=C/C=C(C1=Nc2cc(C(C)(C)C)ccc2C1)\C(=C/CC)OCc1ccccc1. The highest BCUT2D eigenvalue weighted by Gasteiger charge is 2.23. The molecule has 1 aliphatic rings. The molecule has 0 saturated carbocycles. The summed E-state index contributed by atoms with van der Waals surface area (Å²) in [7, 11) is 0. The number of fused-ring (bicyclic) bond motifs is 1. The second-order valence-corrected chi connectivity index (χ2v) is 8.40. The van der Waals surface area contributed by atoms with E-state index in [9.17, 15) is 0 Å². The van der Waals surface area contributed by atoms with Crippen LogP contribution >= 0.6 is 0 Å². The van der Waals surface area contributed by atoms with Gasteiger partial charge in [0.2, 0.25) is 0 Å². The second-order valence-electron chi connectivity index (χ2n) is 8.40. The third-order valence-electron chi connectivity index (χ3n) is 5.05. The second kappa shape index (κ2) is 9.09. The number of hydrogen-bond donors (Lipinski definition) is 0. The molecule has 29 heavy (non-hydrogen) atoms. The van der Waals surface area contributed by atoms with Crippen LogP contribution in [-0.2, 0) is 23.2 Å². The molecule has 2 aromatic rings. The number of rotatable bonds is 7. The molecule has 0 saturated heterocycles. The lowest BCUT2D eigenvalue weighted by atomic mass is 9.86. The van der Waals surface area contributed by atoms with Crippen LogP contribution in [0.3, 0.4) is 0 Å². The number of ether oxygens (including phenoxy) is 1. The number of nitrogens with zero attached hydrogens (tertiary/aromatic N) is 1. The van der Waals surface area contributed by atoms with Crippen molar-refractivity contribution in [2.45, 2.75) is 52.6 Å². The predicted molar refractivity (Wildman–Crippen MR) is 124 cm³/mol. The lowest BCUT2D eigenvalue weighted by Gasteiger charge is -2.19. The monoisotopic (exact) mass is 385 g/mol. The minimum atomic E-state index is 0.110. The van der Waals surface area contributed by atoms with Crippen molar-refractivity contribution < 1.29 is 4.74 Å². The van der Waals surface area contributed by atoms with E-state index in [1.54, 1.807) is 0 Å². The van der Waals surface area contributed by atoms with Crippen LogP contribution in [0.5, 0.6) is 0 Å². The summed E-state index contributed by atoms with van der Waals surface area (Å²) >= 11 is 0. The summed E-state index contributed by atoms with van der Waals surface area (Å²) in [6, 6.07) is 16.9. The predicted octanol–water partition coefficient (Wildman–Crippen LogP) is 7.24. The van der Waals surface area contributed by atoms with Gasteiger partial charge in [-0.2, -0.15) is 0 Å². The van der Waals surface area contributed by atoms with Gasteiger partial charge in [0, 0.05) is 12.0 Å². The summed E-state index contributed by atoms with van der Waals surface area (Å²) in [5.41, 5.74) is 6.96. The van der Waals surface area contributed by atoms with Gasteiger partial charge in [0.05, 0.1) is 11.4 Å². The lowest BCUT2D eigenvalue weighted by molar-refractivity contribution is 0.207. The van der Waals surface area contributed by atoms with Crippen molar-refractivity contribution in [1.82, 2.24) is 0 Å². The van der Waals surface area contributed by atoms with Crippen molar-refractivity contribution in [2.24, 2.45) is 4.99 Å². The van der Waals surface area contributed by atoms with Gasteiger partial charge in [-0.05, 0) is 40.7 Å². The van der Waals surface area contributed by atoms with Crippen LogP contribution in [0.4, 0.5) is 5.69 Å². The maximum atomic E-state index is 6.24. The number of benzene rings is 2. The van der Waals surface area contributed by atoms with Crippen LogP contribution in [0.2, 0.25) is 0 Å². The Morgan fingerprint density at radius 1 is 1.14 bits per heavy atom. The van der Waals surface area contributed by atoms with E-state index in [-0.39, 0.29) is 5.41 Å². The third-order valence-corrected chi connectivity index (χ3v) is 5.05. The van der Waals surface area contributed by atoms with Gasteiger partial charge >= 0.3 is 0 Å². The van der Waals surface area contributed by atoms with Crippen LogP contribution in [-0.4, -0.2) is 5.71 Å². The molecule has 1 heterocycles. The van der Waals surface area contributed by atoms with Gasteiger partial charge in [0.25, 0.3) is 0 Å². The zero-order valence-electron chi connectivity index (χ0n) is 18.0. The largest absolute Gasteiger partial charge is 0.489 e. The molecule has 2 heteroatoms. The Bertz CT molecular complexity index is 956. The maximum absolute atomic E-state index is 6.24. The summed E-state index contributed by atoms with van der Waals surface area (Å²) in [4.78, 5) is 4.98. The van der Waals surface area contributed by atoms with Crippen molar-refractivity contribution in [3.05, 3.63) is 101 Å². The topological polar surface area (TPSA) is 21.6 Å². The van der Waals surface area contributed by atoms with Gasteiger partial charge in [-0.25, -0.2) is 0 Å². The van der Waals surface area contributed by atoms with Gasteiger partial charge in [0.15, 0.2) is 0 Å². The molecule has 0 unspecified atom stereocenters. The van der Waals surface area contributed by atoms with E-state index in [2.05, 4.69) is 70.7 Å². The molecule has 0 radical (unpaired) electrons. The van der Waals surface area contributed by atoms with Gasteiger partial charge in [-0.15, -0.1) is 0 Å². The Hall–Kier alpha value is -2.87. The molecule has 0 N–H and O–H groups in total. The summed E-state index contributed by atoms with van der Waals surface area (Å²) in [5, 5.41) is 0. The fourth-order valence-electron chi connectivity index (χ4n) is 3.41. The maximum Gasteiger partial charge on any atom is 0.124 e. The molecule has 2 nitrogen and oxygen atoms in total. The Morgan fingerprint density at radius 2 is 1.90 bits per heavy atom. The van der Waals surface area contributed by atoms with E-state index in [1.807, 2.05) is 30.4 Å². The lowest BCUT2D eigenvalue weighted by Crippen LogP contribution is -2.10. The van der Waals surface area contributed by atoms with Crippen LogP contribution < -0.4 is 0 Å². The third kappa shape index (κ3) is 5.14. The van der Waals surface area contributed by atoms with Crippen molar-refractivity contribution in [1.29, 1.82) is 0 Å². The zero-order chi connectivity index (χ0) is 20.9. The molecule has 150 valence electrons. The first-order valence-corrected chi connectivity index (χ1v) is 10.3. The van der Waals surface area contributed by atoms with Gasteiger partial charge in [0.1, 0.15) is 12.4 Å². The smallest absolute Gasteiger partial charge is 0.124 e. The van der Waals surface area contributed by atoms with Crippen LogP contribution in [0.15, 0.2) is 89.7 Å². The van der Waals surface area contributed by atoms with Gasteiger partial charge < -0.3 is 4.74 Å². The number of aliphatic imine (C=N–C) groups is 1. The molecule has 0 bridgehead atoms. The van der Waals surface area contributed by atoms with Crippen molar-refractivity contribution in [3.8, 4) is 0 Å². The molecular formula is C27H31NO. The summed E-state index contributed by atoms with van der Waals surface area (Å²) in [6.07, 6.45) is 7.67. The quantitative estimate of drug-likeness (QED) is 0.364. The first kappa shape index (κ1) is 20.9. The molecule has 1 aliphatic heterocycles. The van der Waals surface area contributed by atoms with Crippen molar-refractivity contribution in [3.63, 3.8) is 0 Å². The average molecular weight is 386 g/mol. The fourth-order valence-corrected chi connectivity index (χ4v) is 3.41. The van der Waals surface area contributed by atoms with Crippen molar-refractivity contribution in [2.75, 3.05) is 0 Å². The standard InChI is InChI=1S/C27H31NO/c1-6-11-23(26(12-7-2)29-19-20-13-9-8-10-14-20)25-17-21-15-16-22(27(3,4)5)18-24(21)28-25/h6,8-16,18H,1,7,17,19H2,2-5H3/b23-11-,26-12+. The molecule has 0 aromatic heterocycles. The van der Waals surface area contributed by atoms with E-state index in [1.165, 1.54) is 11.1 Å². The average Bonchev–Trinajstić information content (AvgIpc) is 3.12. The van der Waals surface area contributed by atoms with Crippen LogP contribution in [0.25, 0.3) is 0 Å². The molecule has 0 atom stereocenters. The fraction of sp³-hybridized carbons (Fsp3) is 0.296. The van der Waals surface area contributed by atoms with Gasteiger partial charge in [-0.1, -0.05) is 88.9 Å². The number of allylic oxidation sites excluding steroid dienone is 4. The molecule has 0 aliphatic carbocycles. The van der Waals surface area contributed by atoms with E-state index in [0.717, 1.165) is 41.1 Å². The normalized spacial score (nSPS) is 14.4. The van der Waals surface area contributed by atoms with Crippen molar-refractivity contribution >= 4 is 11.4 Å². The van der Waals surface area contributed by atoms with Crippen LogP contribution in [0.1, 0.15) is 50.8 Å². The first-order valence-electron chi connectivity index (χ1n) is 10.3. The molecule has 0 spiro atoms. The highest BCUT2D eigenvalue weighted by Crippen LogP contribution is 2.35. The summed E-state index contributed by atoms with van der Waals surface area (Å²) in [6.45, 7) is 13.3. The zero-order valence-corrected chi connectivity index (χ0v) is 18.0. The summed E-state index contributed by atoms with van der Waals surface area (Å²) in [5.74, 6) is 0.874. The Labute approximate surface area is 175 Å². The van der Waals surface area contributed by atoms with Gasteiger partial charge in [-0.3, -0.25) is 4.99 Å². The molecular weight excluding hydrogens is 354 g/mol. The van der Waals surface area contributed by atoms with E-state index in [0.29, 0.717) is 6.61 Å². The highest BCUT2D eigenvalue weighted by atomic mass is 16.5. The van der Waals surface area contributed by atoms with E-state index < -0.39 is 0 Å². The van der Waals surface area contributed by atoms with Crippen LogP contribution in [0, 0.1) is 0 Å². The van der Waals surface area contributed by atoms with E-state index in [4.69, 9.17) is 9.73 Å². The molecule has 0 amide bonds. The Morgan fingerprint density at radius 3 is 2.55 bits per heavy atom. The highest BCUT2D eigenvalue weighted by molar-refractivity contribution is 6.09. The molecule has 0 fully saturated rings. The Balaban J connectivity index is 1.88. The number of hydrogen-bond acceptors (Lipinski definition) is 2. The summed E-state index contributed by atoms with van der Waals surface area (Å²) < 4.78 is 6.24. The Kier molecular flexibility index (Phi) is 6.53. The molecule has 3 rings (SSSR count). The minimum Gasteiger partial charge on any atom is -0.489 e. The minimum absolute atomic E-state index is 0.110. The molecule has 2 aromatic carbocycles. The van der Waals surface area contributed by atoms with E-state index >= 15 is 0 Å².